The lowest BCUT2D eigenvalue weighted by molar-refractivity contribution is -0.137. The molecule has 0 bridgehead atoms. The van der Waals surface area contributed by atoms with Crippen molar-refractivity contribution in [3.63, 3.8) is 0 Å². The molecule has 0 aromatic carbocycles. The molecule has 0 amide bonds. The van der Waals surface area contributed by atoms with Crippen LogP contribution >= 0.6 is 11.3 Å². The van der Waals surface area contributed by atoms with Crippen molar-refractivity contribution in [1.29, 1.82) is 0 Å². The molecule has 3 nitrogen and oxygen atoms in total. The van der Waals surface area contributed by atoms with Crippen LogP contribution < -0.4 is 5.32 Å². The zero-order valence-corrected chi connectivity index (χ0v) is 9.23. The zero-order valence-electron chi connectivity index (χ0n) is 8.41. The lowest BCUT2D eigenvalue weighted by atomic mass is 10.2. The minimum atomic E-state index is -0.757. The maximum Gasteiger partial charge on any atom is 0.304 e. The number of nitrogens with one attached hydrogen (secondary N) is 1. The molecule has 1 aromatic heterocycles. The van der Waals surface area contributed by atoms with Gasteiger partial charge < -0.3 is 10.4 Å². The number of rotatable bonds is 5. The summed E-state index contributed by atoms with van der Waals surface area (Å²) in [6.45, 7) is 4.71. The Hall–Kier alpha value is -0.870. The van der Waals surface area contributed by atoms with Gasteiger partial charge in [0.25, 0.3) is 0 Å². The molecule has 0 saturated carbocycles. The maximum atomic E-state index is 10.4. The van der Waals surface area contributed by atoms with E-state index in [1.165, 1.54) is 10.4 Å². The van der Waals surface area contributed by atoms with Crippen molar-refractivity contribution in [3.05, 3.63) is 21.9 Å². The van der Waals surface area contributed by atoms with Crippen LogP contribution in [0.4, 0.5) is 0 Å². The van der Waals surface area contributed by atoms with E-state index in [9.17, 15) is 4.79 Å². The standard InChI is InChI=1S/C10H15NO2S/c1-7-3-4-14-9(7)6-11-8(2)5-10(12)13/h3-4,8,11H,5-6H2,1-2H3,(H,12,13). The van der Waals surface area contributed by atoms with Crippen molar-refractivity contribution in [2.75, 3.05) is 0 Å². The highest BCUT2D eigenvalue weighted by Crippen LogP contribution is 2.15. The van der Waals surface area contributed by atoms with Crippen LogP contribution in [0.3, 0.4) is 0 Å². The summed E-state index contributed by atoms with van der Waals surface area (Å²) >= 11 is 1.70. The second kappa shape index (κ2) is 5.12. The monoisotopic (exact) mass is 213 g/mol. The van der Waals surface area contributed by atoms with Gasteiger partial charge in [0.15, 0.2) is 0 Å². The van der Waals surface area contributed by atoms with Gasteiger partial charge in [0.2, 0.25) is 0 Å². The van der Waals surface area contributed by atoms with Crippen LogP contribution in [0.1, 0.15) is 23.8 Å². The third-order valence-corrected chi connectivity index (χ3v) is 3.08. The number of aryl methyl sites for hydroxylation is 1. The van der Waals surface area contributed by atoms with Crippen LogP contribution in [0, 0.1) is 6.92 Å². The molecule has 0 aliphatic rings. The van der Waals surface area contributed by atoms with E-state index in [0.29, 0.717) is 0 Å². The van der Waals surface area contributed by atoms with Crippen LogP contribution in [0.25, 0.3) is 0 Å². The Balaban J connectivity index is 2.34. The summed E-state index contributed by atoms with van der Waals surface area (Å²) in [4.78, 5) is 11.7. The summed E-state index contributed by atoms with van der Waals surface area (Å²) < 4.78 is 0. The number of aliphatic carboxylic acids is 1. The van der Waals surface area contributed by atoms with Gasteiger partial charge in [0, 0.05) is 17.5 Å². The van der Waals surface area contributed by atoms with Gasteiger partial charge in [-0.1, -0.05) is 0 Å². The van der Waals surface area contributed by atoms with Crippen molar-refractivity contribution in [3.8, 4) is 0 Å². The van der Waals surface area contributed by atoms with Crippen LogP contribution in [-0.4, -0.2) is 17.1 Å². The molecule has 1 rings (SSSR count). The molecular weight excluding hydrogens is 198 g/mol. The first kappa shape index (κ1) is 11.2. The molecule has 4 heteroatoms. The molecular formula is C10H15NO2S. The SMILES string of the molecule is Cc1ccsc1CNC(C)CC(=O)O. The average molecular weight is 213 g/mol. The van der Waals surface area contributed by atoms with E-state index in [4.69, 9.17) is 5.11 Å². The fourth-order valence-electron chi connectivity index (χ4n) is 1.19. The molecule has 1 heterocycles. The third kappa shape index (κ3) is 3.47. The number of hydrogen-bond acceptors (Lipinski definition) is 3. The van der Waals surface area contributed by atoms with Crippen LogP contribution in [0.5, 0.6) is 0 Å². The highest BCUT2D eigenvalue weighted by Gasteiger charge is 2.07. The van der Waals surface area contributed by atoms with Crippen LogP contribution in [0.15, 0.2) is 11.4 Å². The molecule has 14 heavy (non-hydrogen) atoms. The molecule has 0 aliphatic carbocycles. The summed E-state index contributed by atoms with van der Waals surface area (Å²) in [5.41, 5.74) is 1.27. The Morgan fingerprint density at radius 1 is 1.71 bits per heavy atom. The zero-order chi connectivity index (χ0) is 10.6. The minimum Gasteiger partial charge on any atom is -0.481 e. The van der Waals surface area contributed by atoms with Crippen LogP contribution in [0.2, 0.25) is 0 Å². The van der Waals surface area contributed by atoms with Crippen molar-refractivity contribution >= 4 is 17.3 Å². The molecule has 0 spiro atoms. The van der Waals surface area contributed by atoms with Gasteiger partial charge in [0.1, 0.15) is 0 Å². The van der Waals surface area contributed by atoms with Crippen molar-refractivity contribution in [2.45, 2.75) is 32.9 Å². The van der Waals surface area contributed by atoms with E-state index < -0.39 is 5.97 Å². The highest BCUT2D eigenvalue weighted by molar-refractivity contribution is 7.10. The predicted octanol–water partition coefficient (Wildman–Crippen LogP) is 2.01. The summed E-state index contributed by atoms with van der Waals surface area (Å²) in [5, 5.41) is 13.8. The fraction of sp³-hybridized carbons (Fsp3) is 0.500. The molecule has 78 valence electrons. The van der Waals surface area contributed by atoms with Crippen molar-refractivity contribution in [2.24, 2.45) is 0 Å². The first-order valence-corrected chi connectivity index (χ1v) is 5.45. The number of carbonyl (C=O) groups is 1. The lowest BCUT2D eigenvalue weighted by Gasteiger charge is -2.10. The van der Waals surface area contributed by atoms with E-state index in [-0.39, 0.29) is 12.5 Å². The Morgan fingerprint density at radius 2 is 2.43 bits per heavy atom. The number of carboxylic acid groups (broad SMARTS) is 1. The van der Waals surface area contributed by atoms with Crippen LogP contribution in [-0.2, 0) is 11.3 Å². The lowest BCUT2D eigenvalue weighted by Crippen LogP contribution is -2.27. The minimum absolute atomic E-state index is 0.0222. The second-order valence-electron chi connectivity index (χ2n) is 3.41. The Labute approximate surface area is 87.8 Å². The first-order chi connectivity index (χ1) is 6.59. The Kier molecular flexibility index (Phi) is 4.10. The van der Waals surface area contributed by atoms with E-state index >= 15 is 0 Å². The smallest absolute Gasteiger partial charge is 0.304 e. The molecule has 1 unspecified atom stereocenters. The topological polar surface area (TPSA) is 49.3 Å². The number of carboxylic acids is 1. The van der Waals surface area contributed by atoms with Gasteiger partial charge in [-0.15, -0.1) is 11.3 Å². The van der Waals surface area contributed by atoms with E-state index in [1.807, 2.05) is 12.3 Å². The summed E-state index contributed by atoms with van der Waals surface area (Å²) in [7, 11) is 0. The van der Waals surface area contributed by atoms with Crippen molar-refractivity contribution < 1.29 is 9.90 Å². The maximum absolute atomic E-state index is 10.4. The molecule has 0 aliphatic heterocycles. The van der Waals surface area contributed by atoms with Gasteiger partial charge in [-0.05, 0) is 30.9 Å². The second-order valence-corrected chi connectivity index (χ2v) is 4.41. The predicted molar refractivity (Wildman–Crippen MR) is 57.6 cm³/mol. The molecule has 1 aromatic rings. The van der Waals surface area contributed by atoms with Gasteiger partial charge in [-0.3, -0.25) is 4.79 Å². The fourth-order valence-corrected chi connectivity index (χ4v) is 2.04. The van der Waals surface area contributed by atoms with Gasteiger partial charge >= 0.3 is 5.97 Å². The molecule has 0 fully saturated rings. The molecule has 2 N–H and O–H groups in total. The van der Waals surface area contributed by atoms with E-state index in [2.05, 4.69) is 18.3 Å². The molecule has 0 radical (unpaired) electrons. The van der Waals surface area contributed by atoms with Gasteiger partial charge in [0.05, 0.1) is 6.42 Å². The van der Waals surface area contributed by atoms with Gasteiger partial charge in [-0.25, -0.2) is 0 Å². The molecule has 1 atom stereocenters. The normalized spacial score (nSPS) is 12.7. The van der Waals surface area contributed by atoms with E-state index in [1.54, 1.807) is 11.3 Å². The van der Waals surface area contributed by atoms with E-state index in [0.717, 1.165) is 6.54 Å². The quantitative estimate of drug-likeness (QED) is 0.786. The summed E-state index contributed by atoms with van der Waals surface area (Å²) in [6.07, 6.45) is 0.171. The largest absolute Gasteiger partial charge is 0.481 e. The average Bonchev–Trinajstić information content (AvgIpc) is 2.46. The number of hydrogen-bond donors (Lipinski definition) is 2. The number of thiophene rings is 1. The van der Waals surface area contributed by atoms with Crippen molar-refractivity contribution in [1.82, 2.24) is 5.32 Å². The van der Waals surface area contributed by atoms with Gasteiger partial charge in [-0.2, -0.15) is 0 Å². The first-order valence-electron chi connectivity index (χ1n) is 4.57. The summed E-state index contributed by atoms with van der Waals surface area (Å²) in [6, 6.07) is 2.10. The Morgan fingerprint density at radius 3 is 2.93 bits per heavy atom. The third-order valence-electron chi connectivity index (χ3n) is 2.06. The highest BCUT2D eigenvalue weighted by atomic mass is 32.1. The molecule has 0 saturated heterocycles. The summed E-state index contributed by atoms with van der Waals surface area (Å²) in [5.74, 6) is -0.757. The Bertz CT molecular complexity index is 309.